The monoisotopic (exact) mass is 446 g/mol. The van der Waals surface area contributed by atoms with E-state index in [1.165, 1.54) is 34.1 Å². The minimum atomic E-state index is -0.410. The minimum Gasteiger partial charge on any atom is -0.508 e. The molecule has 0 unspecified atom stereocenters. The number of phenols is 2. The fourth-order valence-corrected chi connectivity index (χ4v) is 5.41. The van der Waals surface area contributed by atoms with Crippen molar-refractivity contribution < 1.29 is 19.8 Å². The lowest BCUT2D eigenvalue weighted by Gasteiger charge is -2.15. The summed E-state index contributed by atoms with van der Waals surface area (Å²) in [6.07, 6.45) is 0. The number of thiocarbonyl (C=S) groups is 2. The standard InChI is InChI=1S/C18H10N2O4S4/c21-11-5-1-9(2-6-11)19-15(23)13(27-17(19)25)14-16(24)20(18(26)28-14)10-3-7-12(22)8-4-10/h1-8,21-22H. The highest BCUT2D eigenvalue weighted by atomic mass is 32.2. The Morgan fingerprint density at radius 1 is 0.643 bits per heavy atom. The molecule has 2 aliphatic heterocycles. The topological polar surface area (TPSA) is 81.1 Å². The van der Waals surface area contributed by atoms with Crippen LogP contribution in [0, 0.1) is 0 Å². The maximum Gasteiger partial charge on any atom is 0.272 e. The summed E-state index contributed by atoms with van der Waals surface area (Å²) in [6.45, 7) is 0. The molecule has 0 spiro atoms. The van der Waals surface area contributed by atoms with Gasteiger partial charge < -0.3 is 10.2 Å². The van der Waals surface area contributed by atoms with E-state index in [-0.39, 0.29) is 21.3 Å². The van der Waals surface area contributed by atoms with E-state index < -0.39 is 11.8 Å². The summed E-state index contributed by atoms with van der Waals surface area (Å²) in [5.41, 5.74) is 1.01. The van der Waals surface area contributed by atoms with Gasteiger partial charge in [0.1, 0.15) is 11.5 Å². The normalized spacial score (nSPS) is 19.9. The predicted octanol–water partition coefficient (Wildman–Crippen LogP) is 3.74. The van der Waals surface area contributed by atoms with Crippen LogP contribution in [-0.4, -0.2) is 30.7 Å². The van der Waals surface area contributed by atoms with Gasteiger partial charge in [0, 0.05) is 0 Å². The Morgan fingerprint density at radius 3 is 1.29 bits per heavy atom. The Morgan fingerprint density at radius 2 is 0.964 bits per heavy atom. The first-order chi connectivity index (χ1) is 13.4. The Kier molecular flexibility index (Phi) is 4.88. The quantitative estimate of drug-likeness (QED) is 0.533. The van der Waals surface area contributed by atoms with E-state index in [1.807, 2.05) is 0 Å². The number of carbonyl (C=O) groups is 2. The summed E-state index contributed by atoms with van der Waals surface area (Å²) < 4.78 is 0.584. The molecule has 0 aromatic heterocycles. The van der Waals surface area contributed by atoms with Gasteiger partial charge in [-0.3, -0.25) is 19.4 Å². The molecule has 0 aliphatic carbocycles. The van der Waals surface area contributed by atoms with Crippen LogP contribution in [0.1, 0.15) is 0 Å². The zero-order valence-electron chi connectivity index (χ0n) is 13.9. The molecule has 2 N–H and O–H groups in total. The number of benzene rings is 2. The van der Waals surface area contributed by atoms with Gasteiger partial charge in [0.25, 0.3) is 11.8 Å². The third-order valence-electron chi connectivity index (χ3n) is 3.96. The SMILES string of the molecule is O=C1C(=C2SC(=S)N(c3ccc(O)cc3)C2=O)SC(=S)N1c1ccc(O)cc1. The first-order valence-electron chi connectivity index (χ1n) is 7.81. The van der Waals surface area contributed by atoms with Gasteiger partial charge in [-0.2, -0.15) is 0 Å². The van der Waals surface area contributed by atoms with Crippen molar-refractivity contribution in [3.05, 3.63) is 58.3 Å². The molecule has 0 atom stereocenters. The average molecular weight is 447 g/mol. The molecule has 0 bridgehead atoms. The van der Waals surface area contributed by atoms with Gasteiger partial charge in [-0.25, -0.2) is 0 Å². The number of thioether (sulfide) groups is 2. The summed E-state index contributed by atoms with van der Waals surface area (Å²) in [5, 5.41) is 18.9. The van der Waals surface area contributed by atoms with Crippen molar-refractivity contribution in [1.29, 1.82) is 0 Å². The molecule has 140 valence electrons. The van der Waals surface area contributed by atoms with E-state index in [1.54, 1.807) is 24.3 Å². The molecule has 2 saturated heterocycles. The smallest absolute Gasteiger partial charge is 0.272 e. The fourth-order valence-electron chi connectivity index (χ4n) is 2.66. The molecule has 4 rings (SSSR count). The van der Waals surface area contributed by atoms with Crippen LogP contribution in [0.3, 0.4) is 0 Å². The Bertz CT molecular complexity index is 978. The number of carbonyl (C=O) groups excluding carboxylic acids is 2. The Hall–Kier alpha value is -2.40. The summed E-state index contributed by atoms with van der Waals surface area (Å²) in [7, 11) is 0. The molecular formula is C18H10N2O4S4. The van der Waals surface area contributed by atoms with Crippen LogP contribution in [-0.2, 0) is 9.59 Å². The lowest BCUT2D eigenvalue weighted by atomic mass is 10.2. The van der Waals surface area contributed by atoms with Crippen LogP contribution >= 0.6 is 48.0 Å². The van der Waals surface area contributed by atoms with Crippen molar-refractivity contribution in [2.75, 3.05) is 9.80 Å². The van der Waals surface area contributed by atoms with Gasteiger partial charge in [0.05, 0.1) is 21.2 Å². The highest BCUT2D eigenvalue weighted by Crippen LogP contribution is 2.44. The van der Waals surface area contributed by atoms with Gasteiger partial charge in [0.15, 0.2) is 8.64 Å². The molecule has 2 aliphatic rings. The van der Waals surface area contributed by atoms with Crippen LogP contribution in [0.5, 0.6) is 11.5 Å². The number of nitrogens with zero attached hydrogens (tertiary/aromatic N) is 2. The van der Waals surface area contributed by atoms with Gasteiger partial charge in [-0.05, 0) is 48.5 Å². The van der Waals surface area contributed by atoms with Crippen LogP contribution in [0.15, 0.2) is 58.3 Å². The number of amides is 2. The molecule has 2 aromatic rings. The molecular weight excluding hydrogens is 436 g/mol. The second-order valence-electron chi connectivity index (χ2n) is 5.71. The third kappa shape index (κ3) is 3.18. The molecule has 10 heteroatoms. The molecule has 0 radical (unpaired) electrons. The van der Waals surface area contributed by atoms with Gasteiger partial charge in [-0.15, -0.1) is 0 Å². The summed E-state index contributed by atoms with van der Waals surface area (Å²) in [4.78, 5) is 29.0. The maximum atomic E-state index is 13.0. The maximum absolute atomic E-state index is 13.0. The summed E-state index contributed by atoms with van der Waals surface area (Å²) in [6, 6.07) is 12.1. The summed E-state index contributed by atoms with van der Waals surface area (Å²) >= 11 is 12.7. The number of anilines is 2. The number of hydrogen-bond acceptors (Lipinski definition) is 8. The van der Waals surface area contributed by atoms with E-state index in [4.69, 9.17) is 24.4 Å². The van der Waals surface area contributed by atoms with Crippen LogP contribution in [0.2, 0.25) is 0 Å². The molecule has 2 heterocycles. The second-order valence-corrected chi connectivity index (χ2v) is 9.00. The van der Waals surface area contributed by atoms with Crippen molar-refractivity contribution in [1.82, 2.24) is 0 Å². The Balaban J connectivity index is 1.69. The molecule has 28 heavy (non-hydrogen) atoms. The van der Waals surface area contributed by atoms with E-state index >= 15 is 0 Å². The molecule has 6 nitrogen and oxygen atoms in total. The number of rotatable bonds is 2. The minimum absolute atomic E-state index is 0.0731. The van der Waals surface area contributed by atoms with E-state index in [0.29, 0.717) is 20.0 Å². The zero-order chi connectivity index (χ0) is 20.0. The first kappa shape index (κ1) is 18.9. The van der Waals surface area contributed by atoms with Crippen LogP contribution < -0.4 is 9.80 Å². The van der Waals surface area contributed by atoms with Crippen molar-refractivity contribution in [2.45, 2.75) is 0 Å². The average Bonchev–Trinajstić information content (AvgIpc) is 3.12. The first-order valence-corrected chi connectivity index (χ1v) is 10.3. The van der Waals surface area contributed by atoms with Crippen molar-refractivity contribution in [2.24, 2.45) is 0 Å². The number of hydrogen-bond donors (Lipinski definition) is 2. The van der Waals surface area contributed by atoms with E-state index in [2.05, 4.69) is 0 Å². The van der Waals surface area contributed by atoms with Gasteiger partial charge in [-0.1, -0.05) is 48.0 Å². The lowest BCUT2D eigenvalue weighted by molar-refractivity contribution is -0.115. The summed E-state index contributed by atoms with van der Waals surface area (Å²) in [5.74, 6) is -0.674. The van der Waals surface area contributed by atoms with Crippen molar-refractivity contribution in [3.63, 3.8) is 0 Å². The van der Waals surface area contributed by atoms with Gasteiger partial charge in [0.2, 0.25) is 0 Å². The largest absolute Gasteiger partial charge is 0.508 e. The lowest BCUT2D eigenvalue weighted by Crippen LogP contribution is -2.29. The van der Waals surface area contributed by atoms with Crippen LogP contribution in [0.25, 0.3) is 0 Å². The molecule has 2 amide bonds. The van der Waals surface area contributed by atoms with Gasteiger partial charge >= 0.3 is 0 Å². The predicted molar refractivity (Wildman–Crippen MR) is 119 cm³/mol. The molecule has 0 saturated carbocycles. The Labute approximate surface area is 178 Å². The molecule has 2 aromatic carbocycles. The highest BCUT2D eigenvalue weighted by molar-refractivity contribution is 8.30. The van der Waals surface area contributed by atoms with E-state index in [0.717, 1.165) is 23.5 Å². The number of aromatic hydroxyl groups is 2. The fraction of sp³-hybridized carbons (Fsp3) is 0. The van der Waals surface area contributed by atoms with Crippen molar-refractivity contribution >= 4 is 79.8 Å². The zero-order valence-corrected chi connectivity index (χ0v) is 17.1. The van der Waals surface area contributed by atoms with E-state index in [9.17, 15) is 19.8 Å². The number of phenolic OH excluding ortho intramolecular Hbond substituents is 2. The highest BCUT2D eigenvalue weighted by Gasteiger charge is 2.43. The third-order valence-corrected chi connectivity index (χ3v) is 6.84. The van der Waals surface area contributed by atoms with Crippen molar-refractivity contribution in [3.8, 4) is 11.5 Å². The van der Waals surface area contributed by atoms with Crippen LogP contribution in [0.4, 0.5) is 11.4 Å². The molecule has 2 fully saturated rings. The second kappa shape index (κ2) is 7.21.